The average Bonchev–Trinajstić information content (AvgIpc) is 3.21. The number of nitrogens with zero attached hydrogens (tertiary/aromatic N) is 5. The molecule has 1 saturated heterocycles. The van der Waals surface area contributed by atoms with Crippen LogP contribution in [-0.2, 0) is 0 Å². The van der Waals surface area contributed by atoms with Crippen LogP contribution in [0, 0.1) is 5.92 Å². The molecule has 2 unspecified atom stereocenters. The molecule has 0 aliphatic carbocycles. The SMILES string of the molecule is CC(C)CC1CC(c2nn3c(-c4cccnc4)nnc3s2)NN1. The van der Waals surface area contributed by atoms with Crippen molar-refractivity contribution in [3.05, 3.63) is 29.5 Å². The van der Waals surface area contributed by atoms with Gasteiger partial charge in [-0.15, -0.1) is 10.2 Å². The van der Waals surface area contributed by atoms with E-state index < -0.39 is 0 Å². The fraction of sp³-hybridized carbons (Fsp3) is 0.467. The fourth-order valence-electron chi connectivity index (χ4n) is 2.96. The highest BCUT2D eigenvalue weighted by Crippen LogP contribution is 2.29. The normalized spacial score (nSPS) is 21.5. The van der Waals surface area contributed by atoms with Gasteiger partial charge in [-0.3, -0.25) is 10.4 Å². The predicted octanol–water partition coefficient (Wildman–Crippen LogP) is 2.20. The van der Waals surface area contributed by atoms with E-state index in [1.165, 1.54) is 0 Å². The Kier molecular flexibility index (Phi) is 3.80. The third-order valence-corrected chi connectivity index (χ3v) is 4.97. The van der Waals surface area contributed by atoms with E-state index in [0.717, 1.165) is 34.2 Å². The van der Waals surface area contributed by atoms with E-state index >= 15 is 0 Å². The summed E-state index contributed by atoms with van der Waals surface area (Å²) in [4.78, 5) is 4.95. The maximum absolute atomic E-state index is 4.72. The molecule has 2 N–H and O–H groups in total. The van der Waals surface area contributed by atoms with Crippen LogP contribution in [-0.4, -0.2) is 30.8 Å². The highest BCUT2D eigenvalue weighted by atomic mass is 32.1. The molecular weight excluding hydrogens is 310 g/mol. The van der Waals surface area contributed by atoms with Crippen LogP contribution >= 0.6 is 11.3 Å². The summed E-state index contributed by atoms with van der Waals surface area (Å²) in [6, 6.07) is 4.58. The minimum atomic E-state index is 0.229. The van der Waals surface area contributed by atoms with Gasteiger partial charge in [-0.2, -0.15) is 9.61 Å². The number of hydrogen-bond acceptors (Lipinski definition) is 7. The molecule has 4 rings (SSSR count). The molecule has 23 heavy (non-hydrogen) atoms. The first-order valence-corrected chi connectivity index (χ1v) is 8.66. The quantitative estimate of drug-likeness (QED) is 0.764. The van der Waals surface area contributed by atoms with Crippen molar-refractivity contribution in [1.29, 1.82) is 0 Å². The minimum Gasteiger partial charge on any atom is -0.264 e. The van der Waals surface area contributed by atoms with E-state index in [-0.39, 0.29) is 6.04 Å². The topological polar surface area (TPSA) is 80.0 Å². The summed E-state index contributed by atoms with van der Waals surface area (Å²) >= 11 is 1.59. The molecule has 0 radical (unpaired) electrons. The van der Waals surface area contributed by atoms with Crippen molar-refractivity contribution in [3.63, 3.8) is 0 Å². The number of hydrogen-bond donors (Lipinski definition) is 2. The summed E-state index contributed by atoms with van der Waals surface area (Å²) in [6.45, 7) is 4.50. The van der Waals surface area contributed by atoms with Crippen molar-refractivity contribution in [1.82, 2.24) is 35.6 Å². The van der Waals surface area contributed by atoms with Crippen LogP contribution in [0.25, 0.3) is 16.3 Å². The lowest BCUT2D eigenvalue weighted by molar-refractivity contribution is 0.446. The standard InChI is InChI=1S/C15H19N7S/c1-9(2)6-11-7-12(18-17-11)14-21-22-13(19-20-15(22)23-14)10-4-3-5-16-8-10/h3-5,8-9,11-12,17-18H,6-7H2,1-2H3. The van der Waals surface area contributed by atoms with Gasteiger partial charge in [0.1, 0.15) is 5.01 Å². The zero-order chi connectivity index (χ0) is 15.8. The van der Waals surface area contributed by atoms with Crippen LogP contribution in [0.15, 0.2) is 24.5 Å². The van der Waals surface area contributed by atoms with Crippen molar-refractivity contribution in [2.45, 2.75) is 38.8 Å². The lowest BCUT2D eigenvalue weighted by atomic mass is 10.0. The number of rotatable bonds is 4. The minimum absolute atomic E-state index is 0.229. The van der Waals surface area contributed by atoms with Gasteiger partial charge in [-0.1, -0.05) is 25.2 Å². The van der Waals surface area contributed by atoms with Gasteiger partial charge in [0.15, 0.2) is 5.82 Å². The summed E-state index contributed by atoms with van der Waals surface area (Å²) < 4.78 is 1.81. The molecule has 0 aromatic carbocycles. The van der Waals surface area contributed by atoms with Gasteiger partial charge in [0.25, 0.3) is 0 Å². The predicted molar refractivity (Wildman–Crippen MR) is 88.8 cm³/mol. The van der Waals surface area contributed by atoms with E-state index in [4.69, 9.17) is 5.10 Å². The summed E-state index contributed by atoms with van der Waals surface area (Å²) in [6.07, 6.45) is 5.74. The number of hydrazine groups is 1. The van der Waals surface area contributed by atoms with Crippen LogP contribution < -0.4 is 10.9 Å². The number of fused-ring (bicyclic) bond motifs is 1. The van der Waals surface area contributed by atoms with E-state index in [1.807, 2.05) is 16.6 Å². The molecule has 120 valence electrons. The van der Waals surface area contributed by atoms with E-state index in [0.29, 0.717) is 12.0 Å². The average molecular weight is 329 g/mol. The monoisotopic (exact) mass is 329 g/mol. The molecule has 7 nitrogen and oxygen atoms in total. The van der Waals surface area contributed by atoms with Gasteiger partial charge >= 0.3 is 0 Å². The molecule has 0 bridgehead atoms. The van der Waals surface area contributed by atoms with Gasteiger partial charge in [0, 0.05) is 24.0 Å². The first-order chi connectivity index (χ1) is 11.2. The smallest absolute Gasteiger partial charge is 0.235 e. The Morgan fingerprint density at radius 2 is 2.26 bits per heavy atom. The molecule has 3 aromatic rings. The number of aromatic nitrogens is 5. The molecule has 0 amide bonds. The van der Waals surface area contributed by atoms with Crippen molar-refractivity contribution in [3.8, 4) is 11.4 Å². The highest BCUT2D eigenvalue weighted by molar-refractivity contribution is 7.16. The van der Waals surface area contributed by atoms with Crippen LogP contribution in [0.4, 0.5) is 0 Å². The van der Waals surface area contributed by atoms with Gasteiger partial charge < -0.3 is 0 Å². The van der Waals surface area contributed by atoms with Gasteiger partial charge in [-0.25, -0.2) is 5.43 Å². The van der Waals surface area contributed by atoms with Crippen molar-refractivity contribution < 1.29 is 0 Å². The molecule has 8 heteroatoms. The van der Waals surface area contributed by atoms with Crippen molar-refractivity contribution >= 4 is 16.3 Å². The maximum atomic E-state index is 4.72. The Balaban J connectivity index is 1.60. The Bertz CT molecular complexity index is 795. The number of pyridine rings is 1. The second-order valence-corrected chi connectivity index (χ2v) is 7.29. The molecule has 0 spiro atoms. The van der Waals surface area contributed by atoms with Crippen molar-refractivity contribution in [2.24, 2.45) is 5.92 Å². The summed E-state index contributed by atoms with van der Waals surface area (Å²) in [5.41, 5.74) is 7.67. The molecule has 3 aromatic heterocycles. The third kappa shape index (κ3) is 2.85. The first-order valence-electron chi connectivity index (χ1n) is 7.84. The third-order valence-electron chi connectivity index (χ3n) is 3.96. The summed E-state index contributed by atoms with van der Waals surface area (Å²) in [7, 11) is 0. The Morgan fingerprint density at radius 3 is 3.04 bits per heavy atom. The molecule has 2 atom stereocenters. The van der Waals surface area contributed by atoms with Gasteiger partial charge in [0.05, 0.1) is 6.04 Å². The zero-order valence-electron chi connectivity index (χ0n) is 13.1. The van der Waals surface area contributed by atoms with Gasteiger partial charge in [-0.05, 0) is 30.9 Å². The summed E-state index contributed by atoms with van der Waals surface area (Å²) in [5, 5.41) is 14.2. The fourth-order valence-corrected chi connectivity index (χ4v) is 3.86. The maximum Gasteiger partial charge on any atom is 0.235 e. The van der Waals surface area contributed by atoms with E-state index in [1.54, 1.807) is 23.7 Å². The Hall–Kier alpha value is -1.90. The van der Waals surface area contributed by atoms with Crippen molar-refractivity contribution in [2.75, 3.05) is 0 Å². The summed E-state index contributed by atoms with van der Waals surface area (Å²) in [5.74, 6) is 1.42. The van der Waals surface area contributed by atoms with E-state index in [9.17, 15) is 0 Å². The lowest BCUT2D eigenvalue weighted by Gasteiger charge is -2.10. The van der Waals surface area contributed by atoms with Crippen LogP contribution in [0.5, 0.6) is 0 Å². The van der Waals surface area contributed by atoms with Gasteiger partial charge in [0.2, 0.25) is 4.96 Å². The molecule has 0 saturated carbocycles. The molecular formula is C15H19N7S. The Labute approximate surface area is 138 Å². The molecule has 1 fully saturated rings. The number of nitrogens with one attached hydrogen (secondary N) is 2. The zero-order valence-corrected chi connectivity index (χ0v) is 13.9. The van der Waals surface area contributed by atoms with Crippen LogP contribution in [0.3, 0.4) is 0 Å². The second-order valence-electron chi connectivity index (χ2n) is 6.30. The second kappa shape index (κ2) is 5.95. The Morgan fingerprint density at radius 1 is 1.35 bits per heavy atom. The van der Waals surface area contributed by atoms with Crippen LogP contribution in [0.1, 0.15) is 37.7 Å². The molecule has 1 aliphatic rings. The largest absolute Gasteiger partial charge is 0.264 e. The van der Waals surface area contributed by atoms with Crippen LogP contribution in [0.2, 0.25) is 0 Å². The first kappa shape index (κ1) is 14.7. The molecule has 1 aliphatic heterocycles. The molecule has 4 heterocycles. The van der Waals surface area contributed by atoms with E-state index in [2.05, 4.69) is 39.9 Å². The lowest BCUT2D eigenvalue weighted by Crippen LogP contribution is -2.31. The highest BCUT2D eigenvalue weighted by Gasteiger charge is 2.28.